The molecule has 0 amide bonds. The zero-order valence-corrected chi connectivity index (χ0v) is 10.6. The molecule has 1 N–H and O–H groups in total. The van der Waals surface area contributed by atoms with E-state index in [9.17, 15) is 5.11 Å². The van der Waals surface area contributed by atoms with Crippen LogP contribution in [0.2, 0.25) is 0 Å². The van der Waals surface area contributed by atoms with Gasteiger partial charge in [-0.3, -0.25) is 0 Å². The van der Waals surface area contributed by atoms with E-state index in [2.05, 4.69) is 5.16 Å². The first kappa shape index (κ1) is 13.0. The molecule has 1 aromatic heterocycles. The van der Waals surface area contributed by atoms with Gasteiger partial charge in [0, 0.05) is 5.56 Å². The van der Waals surface area contributed by atoms with Gasteiger partial charge in [0.05, 0.1) is 19.1 Å². The molecule has 1 heterocycles. The number of ether oxygens (including phenoxy) is 1. The smallest absolute Gasteiger partial charge is 0.174 e. The lowest BCUT2D eigenvalue weighted by Gasteiger charge is -2.05. The predicted octanol–water partition coefficient (Wildman–Crippen LogP) is 2.93. The van der Waals surface area contributed by atoms with Gasteiger partial charge in [-0.05, 0) is 37.3 Å². The van der Waals surface area contributed by atoms with Crippen LogP contribution < -0.4 is 4.74 Å². The van der Waals surface area contributed by atoms with Crippen molar-refractivity contribution < 1.29 is 19.1 Å². The second kappa shape index (κ2) is 6.49. The molecule has 0 radical (unpaired) electrons. The van der Waals surface area contributed by atoms with E-state index in [1.165, 1.54) is 0 Å². The first-order chi connectivity index (χ1) is 9.29. The molecule has 1 aromatic carbocycles. The van der Waals surface area contributed by atoms with Gasteiger partial charge in [-0.1, -0.05) is 5.16 Å². The fraction of sp³-hybridized carbons (Fsp3) is 0.214. The van der Waals surface area contributed by atoms with Gasteiger partial charge in [-0.15, -0.1) is 0 Å². The zero-order valence-electron chi connectivity index (χ0n) is 10.6. The quantitative estimate of drug-likeness (QED) is 0.641. The van der Waals surface area contributed by atoms with Gasteiger partial charge in [0.25, 0.3) is 0 Å². The number of nitrogens with zero attached hydrogens (tertiary/aromatic N) is 1. The molecule has 2 rings (SSSR count). The Bertz CT molecular complexity index is 534. The van der Waals surface area contributed by atoms with E-state index in [0.717, 1.165) is 5.56 Å². The summed E-state index contributed by atoms with van der Waals surface area (Å²) in [5.74, 6) is 1.24. The molecule has 5 heteroatoms. The van der Waals surface area contributed by atoms with Gasteiger partial charge < -0.3 is 19.1 Å². The van der Waals surface area contributed by atoms with Crippen LogP contribution in [0.15, 0.2) is 46.2 Å². The SMILES string of the molecule is CCOc1cc(C=NOCc2ccco2)ccc1O. The first-order valence-corrected chi connectivity index (χ1v) is 5.93. The predicted molar refractivity (Wildman–Crippen MR) is 70.4 cm³/mol. The molecule has 5 nitrogen and oxygen atoms in total. The summed E-state index contributed by atoms with van der Waals surface area (Å²) in [6.07, 6.45) is 3.13. The monoisotopic (exact) mass is 261 g/mol. The minimum absolute atomic E-state index is 0.107. The highest BCUT2D eigenvalue weighted by molar-refractivity contribution is 5.80. The highest BCUT2D eigenvalue weighted by Crippen LogP contribution is 2.26. The molecule has 0 saturated heterocycles. The number of oxime groups is 1. The highest BCUT2D eigenvalue weighted by Gasteiger charge is 2.02. The third-order valence-electron chi connectivity index (χ3n) is 2.35. The van der Waals surface area contributed by atoms with Crippen LogP contribution in [0.1, 0.15) is 18.2 Å². The van der Waals surface area contributed by atoms with Crippen molar-refractivity contribution >= 4 is 6.21 Å². The van der Waals surface area contributed by atoms with Crippen LogP contribution in [-0.4, -0.2) is 17.9 Å². The standard InChI is InChI=1S/C14H15NO4/c1-2-17-14-8-11(5-6-13(14)16)9-15-19-10-12-4-3-7-18-12/h3-9,16H,2,10H2,1H3. The molecule has 0 aliphatic heterocycles. The molecule has 0 spiro atoms. The summed E-state index contributed by atoms with van der Waals surface area (Å²) in [7, 11) is 0. The lowest BCUT2D eigenvalue weighted by molar-refractivity contribution is 0.116. The molecule has 0 unspecified atom stereocenters. The van der Waals surface area contributed by atoms with Gasteiger partial charge in [-0.25, -0.2) is 0 Å². The number of furan rings is 1. The molecule has 19 heavy (non-hydrogen) atoms. The molecular weight excluding hydrogens is 246 g/mol. The van der Waals surface area contributed by atoms with Gasteiger partial charge in [0.2, 0.25) is 0 Å². The lowest BCUT2D eigenvalue weighted by Crippen LogP contribution is -1.93. The van der Waals surface area contributed by atoms with Crippen LogP contribution in [0.25, 0.3) is 0 Å². The summed E-state index contributed by atoms with van der Waals surface area (Å²) in [5, 5.41) is 13.4. The number of benzene rings is 1. The summed E-state index contributed by atoms with van der Waals surface area (Å²) >= 11 is 0. The molecule has 0 atom stereocenters. The third kappa shape index (κ3) is 3.77. The average molecular weight is 261 g/mol. The van der Waals surface area contributed by atoms with Gasteiger partial charge in [0.1, 0.15) is 5.76 Å². The minimum Gasteiger partial charge on any atom is -0.504 e. The van der Waals surface area contributed by atoms with E-state index in [4.69, 9.17) is 14.0 Å². The van der Waals surface area contributed by atoms with Crippen molar-refractivity contribution in [1.29, 1.82) is 0 Å². The van der Waals surface area contributed by atoms with Gasteiger partial charge in [-0.2, -0.15) is 0 Å². The third-order valence-corrected chi connectivity index (χ3v) is 2.35. The Morgan fingerprint density at radius 3 is 3.00 bits per heavy atom. The van der Waals surface area contributed by atoms with Crippen molar-refractivity contribution in [3.05, 3.63) is 47.9 Å². The Labute approximate surface area is 111 Å². The van der Waals surface area contributed by atoms with Crippen molar-refractivity contribution in [2.24, 2.45) is 5.16 Å². The van der Waals surface area contributed by atoms with Crippen LogP contribution in [0, 0.1) is 0 Å². The summed E-state index contributed by atoms with van der Waals surface area (Å²) in [4.78, 5) is 5.08. The number of rotatable bonds is 6. The first-order valence-electron chi connectivity index (χ1n) is 5.93. The normalized spacial score (nSPS) is 10.8. The van der Waals surface area contributed by atoms with E-state index in [0.29, 0.717) is 18.1 Å². The maximum atomic E-state index is 9.55. The van der Waals surface area contributed by atoms with Crippen molar-refractivity contribution in [2.75, 3.05) is 6.61 Å². The number of phenolic OH excluding ortho intramolecular Hbond substituents is 1. The van der Waals surface area contributed by atoms with Gasteiger partial charge in [0.15, 0.2) is 18.1 Å². The van der Waals surface area contributed by atoms with Crippen molar-refractivity contribution in [3.63, 3.8) is 0 Å². The molecule has 2 aromatic rings. The summed E-state index contributed by atoms with van der Waals surface area (Å²) in [5.41, 5.74) is 0.778. The van der Waals surface area contributed by atoms with E-state index >= 15 is 0 Å². The Morgan fingerprint density at radius 2 is 2.26 bits per heavy atom. The van der Waals surface area contributed by atoms with Crippen molar-refractivity contribution in [1.82, 2.24) is 0 Å². The summed E-state index contributed by atoms with van der Waals surface area (Å²) < 4.78 is 10.4. The van der Waals surface area contributed by atoms with E-state index in [1.807, 2.05) is 13.0 Å². The van der Waals surface area contributed by atoms with Crippen molar-refractivity contribution in [2.45, 2.75) is 13.5 Å². The van der Waals surface area contributed by atoms with Crippen molar-refractivity contribution in [3.8, 4) is 11.5 Å². The Morgan fingerprint density at radius 1 is 1.37 bits per heavy atom. The second-order valence-electron chi connectivity index (χ2n) is 3.75. The number of hydrogen-bond donors (Lipinski definition) is 1. The fourth-order valence-corrected chi connectivity index (χ4v) is 1.48. The zero-order chi connectivity index (χ0) is 13.5. The number of phenols is 1. The maximum Gasteiger partial charge on any atom is 0.174 e. The Balaban J connectivity index is 1.92. The fourth-order valence-electron chi connectivity index (χ4n) is 1.48. The van der Waals surface area contributed by atoms with E-state index in [1.54, 1.807) is 36.7 Å². The maximum absolute atomic E-state index is 9.55. The van der Waals surface area contributed by atoms with E-state index < -0.39 is 0 Å². The molecule has 100 valence electrons. The van der Waals surface area contributed by atoms with Crippen LogP contribution in [-0.2, 0) is 11.4 Å². The summed E-state index contributed by atoms with van der Waals surface area (Å²) in [6, 6.07) is 8.56. The lowest BCUT2D eigenvalue weighted by atomic mass is 10.2. The molecule has 0 aliphatic carbocycles. The molecule has 0 fully saturated rings. The molecule has 0 saturated carbocycles. The van der Waals surface area contributed by atoms with Crippen LogP contribution in [0.4, 0.5) is 0 Å². The van der Waals surface area contributed by atoms with Crippen LogP contribution in [0.3, 0.4) is 0 Å². The molecule has 0 aliphatic rings. The number of aromatic hydroxyl groups is 1. The Hall–Kier alpha value is -2.43. The average Bonchev–Trinajstić information content (AvgIpc) is 2.92. The minimum atomic E-state index is 0.107. The topological polar surface area (TPSA) is 64.2 Å². The summed E-state index contributed by atoms with van der Waals surface area (Å²) in [6.45, 7) is 2.62. The second-order valence-corrected chi connectivity index (χ2v) is 3.75. The van der Waals surface area contributed by atoms with Crippen LogP contribution >= 0.6 is 0 Å². The highest BCUT2D eigenvalue weighted by atomic mass is 16.6. The largest absolute Gasteiger partial charge is 0.504 e. The van der Waals surface area contributed by atoms with E-state index in [-0.39, 0.29) is 12.4 Å². The van der Waals surface area contributed by atoms with Gasteiger partial charge >= 0.3 is 0 Å². The Kier molecular flexibility index (Phi) is 4.44. The molecular formula is C14H15NO4. The molecule has 0 bridgehead atoms. The number of hydrogen-bond acceptors (Lipinski definition) is 5. The van der Waals surface area contributed by atoms with Crippen LogP contribution in [0.5, 0.6) is 11.5 Å².